The minimum absolute atomic E-state index is 0.0432. The number of hydrogen-bond acceptors (Lipinski definition) is 3. The maximum absolute atomic E-state index is 5.20. The third kappa shape index (κ3) is 4.83. The molecule has 10 rings (SSSR count). The van der Waals surface area contributed by atoms with Crippen molar-refractivity contribution in [1.29, 1.82) is 0 Å². The third-order valence-corrected chi connectivity index (χ3v) is 10.9. The van der Waals surface area contributed by atoms with Crippen molar-refractivity contribution in [3.05, 3.63) is 192 Å². The Labute approximate surface area is 303 Å². The summed E-state index contributed by atoms with van der Waals surface area (Å²) in [6, 6.07) is 60.8. The molecular weight excluding hydrogens is 633 g/mol. The molecule has 0 radical (unpaired) electrons. The maximum Gasteiger partial charge on any atom is 0.211 e. The van der Waals surface area contributed by atoms with Gasteiger partial charge < -0.3 is 5.32 Å². The van der Waals surface area contributed by atoms with Crippen LogP contribution >= 0.6 is 0 Å². The summed E-state index contributed by atoms with van der Waals surface area (Å²) in [5, 5.41) is 6.07. The lowest BCUT2D eigenvalue weighted by molar-refractivity contribution is 0.660. The fourth-order valence-corrected chi connectivity index (χ4v) is 8.21. The van der Waals surface area contributed by atoms with Crippen LogP contribution in [-0.2, 0) is 5.41 Å². The molecule has 0 spiro atoms. The number of aromatic nitrogens is 1. The van der Waals surface area contributed by atoms with Crippen LogP contribution in [0.25, 0.3) is 55.2 Å². The molecule has 0 amide bonds. The first-order valence-electron chi connectivity index (χ1n) is 18.0. The van der Waals surface area contributed by atoms with Gasteiger partial charge in [0, 0.05) is 21.8 Å². The zero-order valence-corrected chi connectivity index (χ0v) is 29.1. The van der Waals surface area contributed by atoms with Crippen LogP contribution in [0, 0.1) is 0 Å². The minimum Gasteiger partial charge on any atom is -0.330 e. The molecule has 4 heteroatoms. The van der Waals surface area contributed by atoms with Gasteiger partial charge in [0.1, 0.15) is 6.17 Å². The number of fused-ring (bicyclic) bond motifs is 6. The Bertz CT molecular complexity index is 2730. The molecule has 52 heavy (non-hydrogen) atoms. The molecule has 8 aromatic rings. The topological polar surface area (TPSA) is 41.7 Å². The average Bonchev–Trinajstić information content (AvgIpc) is 3.66. The van der Waals surface area contributed by atoms with Crippen molar-refractivity contribution in [3.63, 3.8) is 0 Å². The van der Waals surface area contributed by atoms with Crippen molar-refractivity contribution in [1.82, 2.24) is 9.88 Å². The quantitative estimate of drug-likeness (QED) is 0.199. The van der Waals surface area contributed by atoms with Crippen LogP contribution < -0.4 is 5.32 Å². The lowest BCUT2D eigenvalue weighted by Crippen LogP contribution is -2.37. The Morgan fingerprint density at radius 2 is 1.12 bits per heavy atom. The van der Waals surface area contributed by atoms with Crippen LogP contribution in [0.15, 0.2) is 180 Å². The largest absolute Gasteiger partial charge is 0.330 e. The molecular formula is C48H36N4. The Kier molecular flexibility index (Phi) is 6.87. The summed E-state index contributed by atoms with van der Waals surface area (Å²) in [6.45, 7) is 4.68. The molecule has 2 aliphatic rings. The van der Waals surface area contributed by atoms with Crippen molar-refractivity contribution in [2.75, 3.05) is 0 Å². The highest BCUT2D eigenvalue weighted by Gasteiger charge is 2.35. The number of aliphatic imine (C=N–C) groups is 2. The van der Waals surface area contributed by atoms with E-state index in [9.17, 15) is 0 Å². The van der Waals surface area contributed by atoms with E-state index in [2.05, 4.69) is 169 Å². The summed E-state index contributed by atoms with van der Waals surface area (Å²) in [5.41, 5.74) is 14.5. The van der Waals surface area contributed by atoms with Crippen molar-refractivity contribution in [2.45, 2.75) is 25.4 Å². The second-order valence-corrected chi connectivity index (χ2v) is 14.3. The number of amidine groups is 1. The molecule has 1 unspecified atom stereocenters. The molecule has 1 atom stereocenters. The molecule has 1 aromatic heterocycles. The first kappa shape index (κ1) is 30.3. The highest BCUT2D eigenvalue weighted by atomic mass is 15.3. The van der Waals surface area contributed by atoms with Crippen LogP contribution in [0.3, 0.4) is 0 Å². The van der Waals surface area contributed by atoms with E-state index in [0.29, 0.717) is 5.84 Å². The molecule has 0 saturated carbocycles. The van der Waals surface area contributed by atoms with Gasteiger partial charge in [-0.2, -0.15) is 4.99 Å². The van der Waals surface area contributed by atoms with Crippen molar-refractivity contribution in [2.24, 2.45) is 9.98 Å². The smallest absolute Gasteiger partial charge is 0.211 e. The van der Waals surface area contributed by atoms with E-state index in [1.165, 1.54) is 49.7 Å². The Morgan fingerprint density at radius 3 is 1.94 bits per heavy atom. The van der Waals surface area contributed by atoms with Crippen molar-refractivity contribution >= 4 is 33.6 Å². The summed E-state index contributed by atoms with van der Waals surface area (Å²) >= 11 is 0. The molecule has 0 saturated heterocycles. The zero-order chi connectivity index (χ0) is 34.8. The minimum atomic E-state index is -0.287. The highest BCUT2D eigenvalue weighted by Crippen LogP contribution is 2.49. The van der Waals surface area contributed by atoms with E-state index >= 15 is 0 Å². The summed E-state index contributed by atoms with van der Waals surface area (Å²) < 4.78 is 2.27. The van der Waals surface area contributed by atoms with E-state index in [1.807, 2.05) is 24.3 Å². The summed E-state index contributed by atoms with van der Waals surface area (Å²) in [7, 11) is 0. The fraction of sp³-hybridized carbons (Fsp3) is 0.0833. The molecule has 4 nitrogen and oxygen atoms in total. The first-order chi connectivity index (χ1) is 25.5. The standard InChI is InChI=1S/C48H36N4/c1-48(2)41-22-11-9-20-37(41)38-26-24-35(29-42(38)48)33-18-13-19-34(28-33)36-25-27-40-39-21-10-12-23-43(39)52(44(40)30-36)47-50-45(31-14-5-3-6-15-31)49-46(51-47)32-16-7-4-8-17-32/h3-30,45H,1-2H3,(H,49,50,51). The molecule has 1 N–H and O–H groups in total. The van der Waals surface area contributed by atoms with E-state index in [-0.39, 0.29) is 11.6 Å². The van der Waals surface area contributed by atoms with Crippen LogP contribution in [0.5, 0.6) is 0 Å². The third-order valence-electron chi connectivity index (χ3n) is 10.9. The van der Waals surface area contributed by atoms with E-state index < -0.39 is 0 Å². The lowest BCUT2D eigenvalue weighted by Gasteiger charge is -2.24. The van der Waals surface area contributed by atoms with Gasteiger partial charge in [0.2, 0.25) is 5.96 Å². The van der Waals surface area contributed by atoms with Gasteiger partial charge in [-0.1, -0.05) is 159 Å². The molecule has 2 heterocycles. The van der Waals surface area contributed by atoms with Gasteiger partial charge in [0.25, 0.3) is 0 Å². The predicted molar refractivity (Wildman–Crippen MR) is 216 cm³/mol. The van der Waals surface area contributed by atoms with Crippen LogP contribution in [0.1, 0.15) is 42.3 Å². The van der Waals surface area contributed by atoms with E-state index in [4.69, 9.17) is 9.98 Å². The number of nitrogens with zero attached hydrogens (tertiary/aromatic N) is 3. The molecule has 248 valence electrons. The Hall–Kier alpha value is -6.52. The van der Waals surface area contributed by atoms with Crippen LogP contribution in [-0.4, -0.2) is 16.4 Å². The number of para-hydroxylation sites is 1. The van der Waals surface area contributed by atoms with E-state index in [0.717, 1.165) is 33.7 Å². The summed E-state index contributed by atoms with van der Waals surface area (Å²) in [4.78, 5) is 10.3. The predicted octanol–water partition coefficient (Wildman–Crippen LogP) is 11.4. The first-order valence-corrected chi connectivity index (χ1v) is 18.0. The van der Waals surface area contributed by atoms with Gasteiger partial charge in [0.05, 0.1) is 11.0 Å². The number of rotatable bonds is 4. The monoisotopic (exact) mass is 668 g/mol. The second-order valence-electron chi connectivity index (χ2n) is 14.3. The van der Waals surface area contributed by atoms with Crippen LogP contribution in [0.4, 0.5) is 0 Å². The number of nitrogens with one attached hydrogen (secondary N) is 1. The molecule has 0 fully saturated rings. The van der Waals surface area contributed by atoms with Gasteiger partial charge in [-0.3, -0.25) is 4.57 Å². The number of hydrogen-bond donors (Lipinski definition) is 1. The van der Waals surface area contributed by atoms with E-state index in [1.54, 1.807) is 0 Å². The second kappa shape index (κ2) is 11.8. The molecule has 1 aliphatic carbocycles. The Morgan fingerprint density at radius 1 is 0.500 bits per heavy atom. The maximum atomic E-state index is 5.20. The summed E-state index contributed by atoms with van der Waals surface area (Å²) in [6.07, 6.45) is -0.287. The van der Waals surface area contributed by atoms with Gasteiger partial charge in [-0.15, -0.1) is 0 Å². The molecule has 7 aromatic carbocycles. The Balaban J connectivity index is 1.10. The molecule has 1 aliphatic heterocycles. The number of benzene rings is 7. The normalized spacial score (nSPS) is 15.8. The van der Waals surface area contributed by atoms with Crippen molar-refractivity contribution < 1.29 is 0 Å². The highest BCUT2D eigenvalue weighted by molar-refractivity contribution is 6.17. The van der Waals surface area contributed by atoms with Gasteiger partial charge >= 0.3 is 0 Å². The van der Waals surface area contributed by atoms with Gasteiger partial charge in [-0.05, 0) is 74.3 Å². The molecule has 0 bridgehead atoms. The SMILES string of the molecule is CC1(C)c2ccccc2-c2ccc(-c3cccc(-c4ccc5c6ccccc6n(C6=NC(c7ccccc7)=NC(c7ccccc7)N6)c5c4)c3)cc21. The lowest BCUT2D eigenvalue weighted by atomic mass is 9.81. The average molecular weight is 669 g/mol. The zero-order valence-electron chi connectivity index (χ0n) is 29.1. The van der Waals surface area contributed by atoms with Crippen molar-refractivity contribution in [3.8, 4) is 33.4 Å². The fourth-order valence-electron chi connectivity index (χ4n) is 8.21. The van der Waals surface area contributed by atoms with Gasteiger partial charge in [0.15, 0.2) is 5.84 Å². The van der Waals surface area contributed by atoms with Crippen LogP contribution in [0.2, 0.25) is 0 Å². The summed E-state index contributed by atoms with van der Waals surface area (Å²) in [5.74, 6) is 1.46. The van der Waals surface area contributed by atoms with Gasteiger partial charge in [-0.25, -0.2) is 4.99 Å².